The van der Waals surface area contributed by atoms with Crippen LogP contribution >= 0.6 is 0 Å². The minimum atomic E-state index is 0.0520. The van der Waals surface area contributed by atoms with Crippen LogP contribution in [0.3, 0.4) is 0 Å². The highest BCUT2D eigenvalue weighted by molar-refractivity contribution is 5.84. The van der Waals surface area contributed by atoms with Gasteiger partial charge in [-0.05, 0) is 25.7 Å². The molecular weight excluding hydrogens is 200 g/mol. The number of nitrogens with zero attached hydrogens (tertiary/aromatic N) is 1. The summed E-state index contributed by atoms with van der Waals surface area (Å²) in [6, 6.07) is 0.378. The summed E-state index contributed by atoms with van der Waals surface area (Å²) in [6.45, 7) is 10.8. The third-order valence-corrected chi connectivity index (χ3v) is 3.65. The van der Waals surface area contributed by atoms with Crippen LogP contribution in [0.2, 0.25) is 0 Å². The summed E-state index contributed by atoms with van der Waals surface area (Å²) < 4.78 is 0. The highest BCUT2D eigenvalue weighted by Crippen LogP contribution is 2.22. The number of rotatable bonds is 5. The predicted molar refractivity (Wildman–Crippen MR) is 67.1 cm³/mol. The summed E-state index contributed by atoms with van der Waals surface area (Å²) in [6.07, 6.45) is 3.24. The Bertz CT molecular complexity index is 240. The van der Waals surface area contributed by atoms with Gasteiger partial charge in [0.15, 0.2) is 0 Å². The predicted octanol–water partition coefficient (Wildman–Crippen LogP) is 2.37. The normalized spacial score (nSPS) is 27.9. The molecule has 1 rings (SSSR count). The van der Waals surface area contributed by atoms with Crippen molar-refractivity contribution in [1.82, 2.24) is 10.2 Å². The molecule has 3 nitrogen and oxygen atoms in total. The molecule has 1 aliphatic rings. The maximum Gasteiger partial charge on any atom is 0.241 e. The van der Waals surface area contributed by atoms with Crippen LogP contribution in [0, 0.1) is 5.92 Å². The summed E-state index contributed by atoms with van der Waals surface area (Å²) in [4.78, 5) is 14.3. The van der Waals surface area contributed by atoms with Crippen molar-refractivity contribution >= 4 is 5.91 Å². The van der Waals surface area contributed by atoms with Crippen molar-refractivity contribution < 1.29 is 4.79 Å². The monoisotopic (exact) mass is 226 g/mol. The number of amides is 1. The molecule has 3 heteroatoms. The molecule has 1 heterocycles. The van der Waals surface area contributed by atoms with E-state index >= 15 is 0 Å². The first kappa shape index (κ1) is 13.5. The van der Waals surface area contributed by atoms with E-state index in [1.807, 2.05) is 0 Å². The molecule has 94 valence electrons. The van der Waals surface area contributed by atoms with Crippen LogP contribution < -0.4 is 5.32 Å². The molecule has 16 heavy (non-hydrogen) atoms. The van der Waals surface area contributed by atoms with Crippen molar-refractivity contribution in [2.24, 2.45) is 5.92 Å². The molecule has 1 aliphatic heterocycles. The average Bonchev–Trinajstić information content (AvgIpc) is 2.55. The summed E-state index contributed by atoms with van der Waals surface area (Å²) in [7, 11) is 0. The Morgan fingerprint density at radius 1 is 1.31 bits per heavy atom. The molecule has 0 radical (unpaired) electrons. The van der Waals surface area contributed by atoms with Gasteiger partial charge in [0, 0.05) is 6.04 Å². The van der Waals surface area contributed by atoms with Crippen LogP contribution in [-0.4, -0.2) is 29.1 Å². The smallest absolute Gasteiger partial charge is 0.241 e. The molecular formula is C13H26N2O. The molecule has 3 unspecified atom stereocenters. The van der Waals surface area contributed by atoms with Gasteiger partial charge in [-0.25, -0.2) is 0 Å². The van der Waals surface area contributed by atoms with Crippen LogP contribution in [0.1, 0.15) is 53.9 Å². The van der Waals surface area contributed by atoms with Gasteiger partial charge in [0.05, 0.1) is 12.2 Å². The summed E-state index contributed by atoms with van der Waals surface area (Å²) in [5, 5.41) is 3.45. The van der Waals surface area contributed by atoms with Gasteiger partial charge >= 0.3 is 0 Å². The van der Waals surface area contributed by atoms with Crippen LogP contribution in [0.15, 0.2) is 0 Å². The minimum Gasteiger partial charge on any atom is -0.323 e. The number of nitrogens with one attached hydrogen (secondary N) is 1. The molecule has 0 aromatic heterocycles. The first-order valence-electron chi connectivity index (χ1n) is 6.61. The second-order valence-corrected chi connectivity index (χ2v) is 5.16. The van der Waals surface area contributed by atoms with E-state index in [-0.39, 0.29) is 12.2 Å². The molecule has 1 saturated heterocycles. The Labute approximate surface area is 99.6 Å². The SMILES string of the molecule is CCCC1NC(CC)N(C(C)C(C)C)C1=O. The lowest BCUT2D eigenvalue weighted by Crippen LogP contribution is -2.45. The molecule has 1 fully saturated rings. The van der Waals surface area contributed by atoms with Crippen LogP contribution in [0.25, 0.3) is 0 Å². The summed E-state index contributed by atoms with van der Waals surface area (Å²) >= 11 is 0. The minimum absolute atomic E-state index is 0.0520. The fourth-order valence-electron chi connectivity index (χ4n) is 2.33. The van der Waals surface area contributed by atoms with E-state index in [1.54, 1.807) is 0 Å². The number of carbonyl (C=O) groups is 1. The number of hydrogen-bond acceptors (Lipinski definition) is 2. The van der Waals surface area contributed by atoms with Crippen molar-refractivity contribution in [2.75, 3.05) is 0 Å². The van der Waals surface area contributed by atoms with Crippen molar-refractivity contribution in [3.8, 4) is 0 Å². The Morgan fingerprint density at radius 2 is 1.94 bits per heavy atom. The fourth-order valence-corrected chi connectivity index (χ4v) is 2.33. The number of hydrogen-bond donors (Lipinski definition) is 1. The molecule has 3 atom stereocenters. The molecule has 1 N–H and O–H groups in total. The van der Waals surface area contributed by atoms with Crippen molar-refractivity contribution in [3.63, 3.8) is 0 Å². The Hall–Kier alpha value is -0.570. The number of carbonyl (C=O) groups excluding carboxylic acids is 1. The Kier molecular flexibility index (Phi) is 4.78. The van der Waals surface area contributed by atoms with Gasteiger partial charge in [-0.2, -0.15) is 0 Å². The van der Waals surface area contributed by atoms with Crippen LogP contribution in [0.5, 0.6) is 0 Å². The largest absolute Gasteiger partial charge is 0.323 e. The van der Waals surface area contributed by atoms with Crippen molar-refractivity contribution in [2.45, 2.75) is 72.1 Å². The Balaban J connectivity index is 2.77. The van der Waals surface area contributed by atoms with E-state index in [0.29, 0.717) is 17.9 Å². The quantitative estimate of drug-likeness (QED) is 0.780. The average molecular weight is 226 g/mol. The zero-order chi connectivity index (χ0) is 12.3. The molecule has 0 aliphatic carbocycles. The van der Waals surface area contributed by atoms with Gasteiger partial charge < -0.3 is 4.90 Å². The summed E-state index contributed by atoms with van der Waals surface area (Å²) in [5.41, 5.74) is 0. The van der Waals surface area contributed by atoms with Crippen molar-refractivity contribution in [3.05, 3.63) is 0 Å². The van der Waals surface area contributed by atoms with Gasteiger partial charge in [-0.1, -0.05) is 34.1 Å². The molecule has 0 saturated carbocycles. The highest BCUT2D eigenvalue weighted by Gasteiger charge is 2.40. The van der Waals surface area contributed by atoms with E-state index in [0.717, 1.165) is 19.3 Å². The highest BCUT2D eigenvalue weighted by atomic mass is 16.2. The topological polar surface area (TPSA) is 32.3 Å². The second kappa shape index (κ2) is 5.67. The van der Waals surface area contributed by atoms with Gasteiger partial charge in [-0.3, -0.25) is 10.1 Å². The molecule has 0 aromatic rings. The van der Waals surface area contributed by atoms with Gasteiger partial charge in [-0.15, -0.1) is 0 Å². The molecule has 0 aromatic carbocycles. The summed E-state index contributed by atoms with van der Waals surface area (Å²) in [5.74, 6) is 0.815. The van der Waals surface area contributed by atoms with E-state index in [9.17, 15) is 4.79 Å². The van der Waals surface area contributed by atoms with Crippen molar-refractivity contribution in [1.29, 1.82) is 0 Å². The van der Waals surface area contributed by atoms with E-state index in [2.05, 4.69) is 44.8 Å². The van der Waals surface area contributed by atoms with E-state index < -0.39 is 0 Å². The fraction of sp³-hybridized carbons (Fsp3) is 0.923. The van der Waals surface area contributed by atoms with Crippen LogP contribution in [-0.2, 0) is 4.79 Å². The van der Waals surface area contributed by atoms with Gasteiger partial charge in [0.2, 0.25) is 5.91 Å². The van der Waals surface area contributed by atoms with E-state index in [1.165, 1.54) is 0 Å². The second-order valence-electron chi connectivity index (χ2n) is 5.16. The first-order valence-corrected chi connectivity index (χ1v) is 6.61. The zero-order valence-corrected chi connectivity index (χ0v) is 11.3. The lowest BCUT2D eigenvalue weighted by molar-refractivity contribution is -0.133. The third kappa shape index (κ3) is 2.57. The first-order chi connectivity index (χ1) is 7.52. The maximum absolute atomic E-state index is 12.3. The van der Waals surface area contributed by atoms with Crippen LogP contribution in [0.4, 0.5) is 0 Å². The molecule has 1 amide bonds. The Morgan fingerprint density at radius 3 is 2.38 bits per heavy atom. The standard InChI is InChI=1S/C13H26N2O/c1-6-8-11-13(16)15(10(5)9(3)4)12(7-2)14-11/h9-12,14H,6-8H2,1-5H3. The van der Waals surface area contributed by atoms with Gasteiger partial charge in [0.1, 0.15) is 0 Å². The lowest BCUT2D eigenvalue weighted by Gasteiger charge is -2.32. The molecule has 0 spiro atoms. The van der Waals surface area contributed by atoms with E-state index in [4.69, 9.17) is 0 Å². The van der Waals surface area contributed by atoms with Gasteiger partial charge in [0.25, 0.3) is 0 Å². The lowest BCUT2D eigenvalue weighted by atomic mass is 10.0. The zero-order valence-electron chi connectivity index (χ0n) is 11.3. The maximum atomic E-state index is 12.3. The molecule has 0 bridgehead atoms. The third-order valence-electron chi connectivity index (χ3n) is 3.65.